The molecule has 1 aromatic heterocycles. The average molecular weight is 181 g/mol. The summed E-state index contributed by atoms with van der Waals surface area (Å²) in [5.41, 5.74) is 2.38. The molecule has 1 aromatic carbocycles. The first kappa shape index (κ1) is 8.70. The molecule has 0 radical (unpaired) electrons. The maximum Gasteiger partial charge on any atom is 0.0273 e. The number of pyridine rings is 1. The van der Waals surface area contributed by atoms with Crippen molar-refractivity contribution in [1.82, 2.24) is 4.98 Å². The molecule has 1 nitrogen and oxygen atoms in total. The van der Waals surface area contributed by atoms with E-state index in [1.807, 2.05) is 30.3 Å². The second-order valence-corrected chi connectivity index (χ2v) is 3.02. The zero-order valence-corrected chi connectivity index (χ0v) is 7.80. The van der Waals surface area contributed by atoms with Crippen molar-refractivity contribution in [1.29, 1.82) is 0 Å². The van der Waals surface area contributed by atoms with Crippen LogP contribution in [-0.4, -0.2) is 4.98 Å². The Bertz CT molecular complexity index is 362. The Labute approximate surface area is 83.7 Å². The molecule has 1 heterocycles. The summed E-state index contributed by atoms with van der Waals surface area (Å²) in [6.45, 7) is 0. The highest BCUT2D eigenvalue weighted by atomic mass is 14.6. The van der Waals surface area contributed by atoms with Crippen LogP contribution in [0.1, 0.15) is 11.1 Å². The summed E-state index contributed by atoms with van der Waals surface area (Å²) in [6.07, 6.45) is 7.77. The number of hydrogen-bond acceptors (Lipinski definition) is 1. The Morgan fingerprint density at radius 2 is 1.29 bits per heavy atom. The molecular formula is C13H11N. The van der Waals surface area contributed by atoms with Crippen LogP contribution in [0.15, 0.2) is 54.9 Å². The van der Waals surface area contributed by atoms with Gasteiger partial charge in [-0.2, -0.15) is 0 Å². The molecule has 0 unspecified atom stereocenters. The molecule has 0 bridgehead atoms. The average Bonchev–Trinajstić information content (AvgIpc) is 2.29. The van der Waals surface area contributed by atoms with E-state index in [1.54, 1.807) is 12.4 Å². The van der Waals surface area contributed by atoms with Gasteiger partial charge in [-0.05, 0) is 23.3 Å². The molecule has 0 aliphatic carbocycles. The predicted molar refractivity (Wildman–Crippen MR) is 59.6 cm³/mol. The smallest absolute Gasteiger partial charge is 0.0273 e. The Morgan fingerprint density at radius 1 is 0.714 bits per heavy atom. The summed E-state index contributed by atoms with van der Waals surface area (Å²) in [6, 6.07) is 14.2. The van der Waals surface area contributed by atoms with Crippen molar-refractivity contribution in [2.24, 2.45) is 0 Å². The molecule has 0 saturated carbocycles. The largest absolute Gasteiger partial charge is 0.265 e. The van der Waals surface area contributed by atoms with Gasteiger partial charge in [0, 0.05) is 12.4 Å². The first-order valence-corrected chi connectivity index (χ1v) is 4.58. The van der Waals surface area contributed by atoms with Gasteiger partial charge in [0.25, 0.3) is 0 Å². The summed E-state index contributed by atoms with van der Waals surface area (Å²) in [5.74, 6) is 0. The summed E-state index contributed by atoms with van der Waals surface area (Å²) in [4.78, 5) is 3.97. The van der Waals surface area contributed by atoms with Gasteiger partial charge in [-0.25, -0.2) is 0 Å². The van der Waals surface area contributed by atoms with E-state index in [0.29, 0.717) is 0 Å². The van der Waals surface area contributed by atoms with Gasteiger partial charge < -0.3 is 0 Å². The summed E-state index contributed by atoms with van der Waals surface area (Å²) >= 11 is 0. The van der Waals surface area contributed by atoms with Crippen LogP contribution in [-0.2, 0) is 0 Å². The minimum Gasteiger partial charge on any atom is -0.265 e. The van der Waals surface area contributed by atoms with Crippen LogP contribution in [0.5, 0.6) is 0 Å². The minimum absolute atomic E-state index is 1.17. The number of nitrogens with zero attached hydrogens (tertiary/aromatic N) is 1. The fourth-order valence-corrected chi connectivity index (χ4v) is 1.23. The zero-order chi connectivity index (χ0) is 9.64. The van der Waals surface area contributed by atoms with E-state index in [2.05, 4.69) is 29.3 Å². The highest BCUT2D eigenvalue weighted by molar-refractivity contribution is 5.69. The molecule has 2 aromatic rings. The van der Waals surface area contributed by atoms with Gasteiger partial charge in [0.05, 0.1) is 0 Å². The van der Waals surface area contributed by atoms with Crippen molar-refractivity contribution in [2.45, 2.75) is 0 Å². The predicted octanol–water partition coefficient (Wildman–Crippen LogP) is 3.25. The van der Waals surface area contributed by atoms with Gasteiger partial charge in [-0.15, -0.1) is 0 Å². The van der Waals surface area contributed by atoms with Gasteiger partial charge in [0.15, 0.2) is 0 Å². The molecule has 0 atom stereocenters. The molecule has 2 rings (SSSR count). The Balaban J connectivity index is 2.16. The Morgan fingerprint density at radius 3 is 1.93 bits per heavy atom. The highest BCUT2D eigenvalue weighted by Gasteiger charge is 1.84. The molecule has 0 fully saturated rings. The van der Waals surface area contributed by atoms with E-state index in [9.17, 15) is 0 Å². The van der Waals surface area contributed by atoms with E-state index >= 15 is 0 Å². The second-order valence-electron chi connectivity index (χ2n) is 3.02. The van der Waals surface area contributed by atoms with E-state index in [4.69, 9.17) is 0 Å². The monoisotopic (exact) mass is 181 g/mol. The van der Waals surface area contributed by atoms with Crippen LogP contribution in [0.3, 0.4) is 0 Å². The number of hydrogen-bond donors (Lipinski definition) is 0. The fraction of sp³-hybridized carbons (Fsp3) is 0. The molecule has 0 saturated heterocycles. The molecule has 14 heavy (non-hydrogen) atoms. The van der Waals surface area contributed by atoms with Crippen LogP contribution in [0.2, 0.25) is 0 Å². The Hall–Kier alpha value is -1.89. The highest BCUT2D eigenvalue weighted by Crippen LogP contribution is 2.06. The third kappa shape index (κ3) is 2.30. The van der Waals surface area contributed by atoms with Crippen LogP contribution >= 0.6 is 0 Å². The van der Waals surface area contributed by atoms with Crippen molar-refractivity contribution in [3.8, 4) is 0 Å². The lowest BCUT2D eigenvalue weighted by Crippen LogP contribution is -1.73. The lowest BCUT2D eigenvalue weighted by Gasteiger charge is -1.92. The number of benzene rings is 1. The van der Waals surface area contributed by atoms with E-state index in [-0.39, 0.29) is 0 Å². The van der Waals surface area contributed by atoms with Crippen molar-refractivity contribution in [2.75, 3.05) is 0 Å². The van der Waals surface area contributed by atoms with E-state index in [0.717, 1.165) is 0 Å². The normalized spacial score (nSPS) is 10.6. The summed E-state index contributed by atoms with van der Waals surface area (Å²) in [7, 11) is 0. The van der Waals surface area contributed by atoms with Crippen molar-refractivity contribution < 1.29 is 0 Å². The van der Waals surface area contributed by atoms with Crippen LogP contribution in [0.4, 0.5) is 0 Å². The molecule has 1 heteroatoms. The Kier molecular flexibility index (Phi) is 2.72. The molecular weight excluding hydrogens is 170 g/mol. The summed E-state index contributed by atoms with van der Waals surface area (Å²) < 4.78 is 0. The zero-order valence-electron chi connectivity index (χ0n) is 7.80. The van der Waals surface area contributed by atoms with Crippen molar-refractivity contribution in [3.63, 3.8) is 0 Å². The van der Waals surface area contributed by atoms with Gasteiger partial charge in [-0.3, -0.25) is 4.98 Å². The first-order valence-electron chi connectivity index (χ1n) is 4.58. The lowest BCUT2D eigenvalue weighted by molar-refractivity contribution is 1.32. The van der Waals surface area contributed by atoms with Gasteiger partial charge in [0.2, 0.25) is 0 Å². The SMILES string of the molecule is C(=Cc1ccncc1)c1ccccc1. The fourth-order valence-electron chi connectivity index (χ4n) is 1.23. The lowest BCUT2D eigenvalue weighted by atomic mass is 10.2. The quantitative estimate of drug-likeness (QED) is 0.693. The second kappa shape index (κ2) is 4.38. The first-order chi connectivity index (χ1) is 6.95. The third-order valence-corrected chi connectivity index (χ3v) is 1.97. The van der Waals surface area contributed by atoms with Gasteiger partial charge in [-0.1, -0.05) is 42.5 Å². The molecule has 0 amide bonds. The summed E-state index contributed by atoms with van der Waals surface area (Å²) in [5, 5.41) is 0. The van der Waals surface area contributed by atoms with Crippen LogP contribution < -0.4 is 0 Å². The van der Waals surface area contributed by atoms with Crippen LogP contribution in [0.25, 0.3) is 12.2 Å². The third-order valence-electron chi connectivity index (χ3n) is 1.97. The molecule has 68 valence electrons. The maximum atomic E-state index is 3.97. The molecule has 0 N–H and O–H groups in total. The maximum absolute atomic E-state index is 3.97. The van der Waals surface area contributed by atoms with E-state index in [1.165, 1.54) is 11.1 Å². The molecule has 0 aliphatic heterocycles. The topological polar surface area (TPSA) is 12.9 Å². The van der Waals surface area contributed by atoms with Crippen LogP contribution in [0, 0.1) is 0 Å². The molecule has 0 aliphatic rings. The number of aromatic nitrogens is 1. The minimum atomic E-state index is 1.17. The molecule has 0 spiro atoms. The van der Waals surface area contributed by atoms with E-state index < -0.39 is 0 Å². The van der Waals surface area contributed by atoms with Crippen molar-refractivity contribution >= 4 is 12.2 Å². The van der Waals surface area contributed by atoms with Crippen molar-refractivity contribution in [3.05, 3.63) is 66.0 Å². The van der Waals surface area contributed by atoms with Gasteiger partial charge >= 0.3 is 0 Å². The van der Waals surface area contributed by atoms with Gasteiger partial charge in [0.1, 0.15) is 0 Å². The standard InChI is InChI=1S/C13H11N/c1-2-4-12(5-3-1)6-7-13-8-10-14-11-9-13/h1-11H. The number of rotatable bonds is 2.